The van der Waals surface area contributed by atoms with Crippen LogP contribution >= 0.6 is 0 Å². The van der Waals surface area contributed by atoms with E-state index < -0.39 is 20.6 Å². The van der Waals surface area contributed by atoms with Crippen molar-refractivity contribution in [2.45, 2.75) is 53.9 Å². The summed E-state index contributed by atoms with van der Waals surface area (Å²) in [6.45, 7) is 15.3. The first-order valence-electron chi connectivity index (χ1n) is 16.6. The second-order valence-electron chi connectivity index (χ2n) is 13.4. The molecular weight excluding hydrogens is 638 g/mol. The molecule has 5 aromatic rings. The van der Waals surface area contributed by atoms with Gasteiger partial charge in [-0.05, 0) is 0 Å². The molecule has 0 saturated carbocycles. The zero-order valence-corrected chi connectivity index (χ0v) is 30.8. The van der Waals surface area contributed by atoms with Gasteiger partial charge in [-0.25, -0.2) is 0 Å². The molecular formula is C42H47N3Zr. The van der Waals surface area contributed by atoms with E-state index in [1.807, 2.05) is 0 Å². The monoisotopic (exact) mass is 683 g/mol. The molecule has 3 nitrogen and oxygen atoms in total. The fraction of sp³-hybridized carbons (Fsp3) is 0.262. The third kappa shape index (κ3) is 7.13. The van der Waals surface area contributed by atoms with Crippen molar-refractivity contribution >= 4 is 17.3 Å². The van der Waals surface area contributed by atoms with Crippen LogP contribution in [0.15, 0.2) is 118 Å². The molecule has 0 N–H and O–H groups in total. The summed E-state index contributed by atoms with van der Waals surface area (Å²) >= 11 is -3.59. The summed E-state index contributed by atoms with van der Waals surface area (Å²) in [6.07, 6.45) is 0. The standard InChI is InChI=1S/C21H26N3.3C7H7.Zr/c1-13-9-15(3)19(16(4)10-13)23-7-8-24(21(23)22)20-17(5)11-14(2)12-18(20)6;3*1-7-5-3-2-4-6-7;/h9-12H,7-8H2,1-6H3;3*2-6H,1H2;/q-1;;;;+1. The molecule has 1 aliphatic rings. The number of aryl methyl sites for hydroxylation is 6. The van der Waals surface area contributed by atoms with E-state index in [-0.39, 0.29) is 0 Å². The van der Waals surface area contributed by atoms with Crippen molar-refractivity contribution in [1.82, 2.24) is 0 Å². The second kappa shape index (κ2) is 13.9. The molecule has 46 heavy (non-hydrogen) atoms. The van der Waals surface area contributed by atoms with Crippen LogP contribution < -0.4 is 9.80 Å². The Morgan fingerprint density at radius 2 is 0.783 bits per heavy atom. The fourth-order valence-electron chi connectivity index (χ4n) is 7.73. The number of hydrogen-bond acceptors (Lipinski definition) is 1. The van der Waals surface area contributed by atoms with Gasteiger partial charge < -0.3 is 0 Å². The summed E-state index contributed by atoms with van der Waals surface area (Å²) in [5.41, 5.74) is 14.7. The first-order valence-corrected chi connectivity index (χ1v) is 23.0. The van der Waals surface area contributed by atoms with Crippen molar-refractivity contribution in [2.75, 3.05) is 22.9 Å². The average Bonchev–Trinajstić information content (AvgIpc) is 3.39. The van der Waals surface area contributed by atoms with Crippen molar-refractivity contribution < 1.29 is 20.6 Å². The van der Waals surface area contributed by atoms with Crippen LogP contribution in [-0.2, 0) is 32.9 Å². The topological polar surface area (TPSA) is 18.8 Å². The Bertz CT molecular complexity index is 1610. The number of anilines is 2. The molecule has 0 aromatic heterocycles. The van der Waals surface area contributed by atoms with Crippen molar-refractivity contribution in [2.24, 2.45) is 2.94 Å². The van der Waals surface area contributed by atoms with E-state index in [4.69, 9.17) is 2.94 Å². The van der Waals surface area contributed by atoms with Gasteiger partial charge in [-0.15, -0.1) is 0 Å². The molecule has 1 heterocycles. The predicted octanol–water partition coefficient (Wildman–Crippen LogP) is 9.89. The van der Waals surface area contributed by atoms with Crippen molar-refractivity contribution in [3.05, 3.63) is 165 Å². The Labute approximate surface area is 281 Å². The molecule has 0 unspecified atom stereocenters. The Morgan fingerprint density at radius 1 is 0.478 bits per heavy atom. The van der Waals surface area contributed by atoms with E-state index in [2.05, 4.69) is 167 Å². The van der Waals surface area contributed by atoms with Gasteiger partial charge in [0.2, 0.25) is 0 Å². The number of guanidine groups is 1. The summed E-state index contributed by atoms with van der Waals surface area (Å²) in [5.74, 6) is 1.14. The van der Waals surface area contributed by atoms with Gasteiger partial charge in [0.05, 0.1) is 0 Å². The molecule has 0 radical (unpaired) electrons. The third-order valence-electron chi connectivity index (χ3n) is 9.31. The van der Waals surface area contributed by atoms with E-state index in [0.717, 1.165) is 31.4 Å². The summed E-state index contributed by atoms with van der Waals surface area (Å²) in [5, 5.41) is 0. The minimum absolute atomic E-state index is 0.917. The summed E-state index contributed by atoms with van der Waals surface area (Å²) in [4.78, 5) is 5.13. The maximum absolute atomic E-state index is 6.30. The van der Waals surface area contributed by atoms with Crippen molar-refractivity contribution in [3.63, 3.8) is 0 Å². The molecule has 0 amide bonds. The molecule has 0 spiro atoms. The molecule has 1 fully saturated rings. The maximum atomic E-state index is 6.30. The van der Waals surface area contributed by atoms with Gasteiger partial charge in [0.1, 0.15) is 0 Å². The summed E-state index contributed by atoms with van der Waals surface area (Å²) in [6, 6.07) is 42.8. The normalized spacial score (nSPS) is 13.4. The fourth-order valence-corrected chi connectivity index (χ4v) is 18.2. The minimum atomic E-state index is -3.59. The molecule has 0 atom stereocenters. The van der Waals surface area contributed by atoms with Gasteiger partial charge >= 0.3 is 283 Å². The second-order valence-corrected chi connectivity index (χ2v) is 22.6. The van der Waals surface area contributed by atoms with Gasteiger partial charge in [0.15, 0.2) is 0 Å². The zero-order valence-electron chi connectivity index (χ0n) is 28.3. The first kappa shape index (κ1) is 32.2. The Balaban J connectivity index is 1.62. The molecule has 234 valence electrons. The molecule has 6 rings (SSSR count). The van der Waals surface area contributed by atoms with Gasteiger partial charge in [-0.3, -0.25) is 0 Å². The van der Waals surface area contributed by atoms with Crippen molar-refractivity contribution in [3.8, 4) is 0 Å². The van der Waals surface area contributed by atoms with E-state index in [9.17, 15) is 0 Å². The third-order valence-corrected chi connectivity index (χ3v) is 18.8. The Morgan fingerprint density at radius 3 is 1.09 bits per heavy atom. The van der Waals surface area contributed by atoms with Gasteiger partial charge in [0.25, 0.3) is 0 Å². The van der Waals surface area contributed by atoms with Crippen LogP contribution in [-0.4, -0.2) is 19.0 Å². The van der Waals surface area contributed by atoms with E-state index >= 15 is 0 Å². The summed E-state index contributed by atoms with van der Waals surface area (Å²) < 4.78 is 9.43. The number of rotatable bonds is 9. The number of hydrogen-bond donors (Lipinski definition) is 0. The van der Waals surface area contributed by atoms with Gasteiger partial charge in [-0.1, -0.05) is 0 Å². The molecule has 1 aliphatic heterocycles. The molecule has 5 aromatic carbocycles. The van der Waals surface area contributed by atoms with Crippen LogP contribution in [0.4, 0.5) is 11.4 Å². The van der Waals surface area contributed by atoms with E-state index in [0.29, 0.717) is 0 Å². The molecule has 0 bridgehead atoms. The molecule has 0 aliphatic carbocycles. The average molecular weight is 685 g/mol. The van der Waals surface area contributed by atoms with Crippen LogP contribution in [0.25, 0.3) is 0 Å². The predicted molar refractivity (Wildman–Crippen MR) is 194 cm³/mol. The molecule has 4 heteroatoms. The quantitative estimate of drug-likeness (QED) is 0.154. The molecule has 1 saturated heterocycles. The van der Waals surface area contributed by atoms with Crippen molar-refractivity contribution in [1.29, 1.82) is 0 Å². The van der Waals surface area contributed by atoms with Crippen LogP contribution in [0.5, 0.6) is 0 Å². The SMILES string of the molecule is Cc1cc(C)c(N2CCN(c3c(C)cc(C)cc3C)C2=[N][Zr]([CH2]c2ccccc2)([CH2]c2ccccc2)[CH2]c2ccccc2)c(C)c1. The van der Waals surface area contributed by atoms with Crippen LogP contribution in [0.1, 0.15) is 50.1 Å². The van der Waals surface area contributed by atoms with E-state index in [1.54, 1.807) is 0 Å². The van der Waals surface area contributed by atoms with Crippen LogP contribution in [0, 0.1) is 41.5 Å². The Kier molecular flexibility index (Phi) is 9.76. The number of nitrogens with zero attached hydrogens (tertiary/aromatic N) is 3. The van der Waals surface area contributed by atoms with Gasteiger partial charge in [-0.2, -0.15) is 0 Å². The first-order chi connectivity index (χ1) is 22.2. The van der Waals surface area contributed by atoms with Crippen LogP contribution in [0.3, 0.4) is 0 Å². The van der Waals surface area contributed by atoms with E-state index in [1.165, 1.54) is 61.4 Å². The van der Waals surface area contributed by atoms with Crippen LogP contribution in [0.2, 0.25) is 0 Å². The zero-order chi connectivity index (χ0) is 32.3. The van der Waals surface area contributed by atoms with Gasteiger partial charge in [0, 0.05) is 0 Å². The Hall–Kier alpha value is -3.75. The summed E-state index contributed by atoms with van der Waals surface area (Å²) in [7, 11) is 0. The number of benzene rings is 5.